The predicted molar refractivity (Wildman–Crippen MR) is 84.5 cm³/mol. The smallest absolute Gasteiger partial charge is 0.220 e. The Balaban J connectivity index is 1.90. The second-order valence-corrected chi connectivity index (χ2v) is 8.01. The average molecular weight is 322 g/mol. The van der Waals surface area contributed by atoms with Crippen LogP contribution in [-0.4, -0.2) is 23.7 Å². The summed E-state index contributed by atoms with van der Waals surface area (Å²) in [6.07, 6.45) is 1.78. The summed E-state index contributed by atoms with van der Waals surface area (Å²) in [5.41, 5.74) is 3.38. The monoisotopic (exact) mass is 322 g/mol. The predicted octanol–water partition coefficient (Wildman–Crippen LogP) is 3.20. The van der Waals surface area contributed by atoms with Gasteiger partial charge in [-0.25, -0.2) is 13.4 Å². The molecule has 3 rings (SSSR count). The minimum Gasteiger partial charge on any atom is -0.249 e. The standard InChI is InChI=1S/C15H18N2O2S2/c1-12-7-8-15(13-5-3-2-4-6-13)17(12)21(18,19)10-14-9-20-11-16-14/h2-6,9,11-12,15H,7-8,10H2,1H3/t12-,15-/m0/s1. The van der Waals surface area contributed by atoms with Crippen LogP contribution < -0.4 is 0 Å². The molecule has 0 N–H and O–H groups in total. The van der Waals surface area contributed by atoms with Crippen LogP contribution in [0, 0.1) is 0 Å². The number of thiazole rings is 1. The third-order valence-corrected chi connectivity index (χ3v) is 6.47. The summed E-state index contributed by atoms with van der Waals surface area (Å²) in [6.45, 7) is 1.99. The summed E-state index contributed by atoms with van der Waals surface area (Å²) >= 11 is 1.43. The van der Waals surface area contributed by atoms with Crippen LogP contribution in [0.5, 0.6) is 0 Å². The molecule has 1 saturated heterocycles. The van der Waals surface area contributed by atoms with E-state index in [9.17, 15) is 8.42 Å². The van der Waals surface area contributed by atoms with E-state index < -0.39 is 10.0 Å². The van der Waals surface area contributed by atoms with E-state index in [1.807, 2.05) is 37.3 Å². The van der Waals surface area contributed by atoms with Crippen LogP contribution in [0.3, 0.4) is 0 Å². The molecule has 0 spiro atoms. The van der Waals surface area contributed by atoms with Gasteiger partial charge in [-0.3, -0.25) is 0 Å². The molecular formula is C15H18N2O2S2. The quantitative estimate of drug-likeness (QED) is 0.868. The zero-order chi connectivity index (χ0) is 14.9. The van der Waals surface area contributed by atoms with Crippen molar-refractivity contribution in [2.75, 3.05) is 0 Å². The van der Waals surface area contributed by atoms with E-state index in [4.69, 9.17) is 0 Å². The van der Waals surface area contributed by atoms with Crippen molar-refractivity contribution in [3.05, 3.63) is 52.5 Å². The van der Waals surface area contributed by atoms with E-state index in [1.165, 1.54) is 11.3 Å². The summed E-state index contributed by atoms with van der Waals surface area (Å²) in [4.78, 5) is 4.11. The normalized spacial score (nSPS) is 23.5. The molecule has 2 heterocycles. The van der Waals surface area contributed by atoms with E-state index in [1.54, 1.807) is 15.2 Å². The van der Waals surface area contributed by atoms with Crippen LogP contribution in [0.15, 0.2) is 41.2 Å². The van der Waals surface area contributed by atoms with E-state index >= 15 is 0 Å². The van der Waals surface area contributed by atoms with Gasteiger partial charge in [0, 0.05) is 11.4 Å². The van der Waals surface area contributed by atoms with Gasteiger partial charge in [0.1, 0.15) is 5.75 Å². The lowest BCUT2D eigenvalue weighted by Crippen LogP contribution is -2.36. The van der Waals surface area contributed by atoms with Crippen molar-refractivity contribution in [2.45, 2.75) is 37.6 Å². The fraction of sp³-hybridized carbons (Fsp3) is 0.400. The highest BCUT2D eigenvalue weighted by Gasteiger charge is 2.40. The molecule has 0 saturated carbocycles. The Bertz CT molecular complexity index is 684. The van der Waals surface area contributed by atoms with Crippen LogP contribution in [0.2, 0.25) is 0 Å². The molecule has 0 amide bonds. The number of hydrogen-bond donors (Lipinski definition) is 0. The molecule has 112 valence electrons. The van der Waals surface area contributed by atoms with Gasteiger partial charge in [0.05, 0.1) is 17.2 Å². The molecule has 2 aromatic rings. The molecule has 0 bridgehead atoms. The van der Waals surface area contributed by atoms with Gasteiger partial charge in [-0.15, -0.1) is 11.3 Å². The highest BCUT2D eigenvalue weighted by Crippen LogP contribution is 2.38. The molecule has 0 radical (unpaired) electrons. The third-order valence-electron chi connectivity index (χ3n) is 3.92. The molecule has 0 aliphatic carbocycles. The summed E-state index contributed by atoms with van der Waals surface area (Å²) in [5, 5.41) is 1.80. The summed E-state index contributed by atoms with van der Waals surface area (Å²) in [5.74, 6) is -0.00975. The maximum atomic E-state index is 12.8. The van der Waals surface area contributed by atoms with Crippen molar-refractivity contribution in [3.8, 4) is 0 Å². The van der Waals surface area contributed by atoms with Crippen molar-refractivity contribution in [1.82, 2.24) is 9.29 Å². The Morgan fingerprint density at radius 2 is 2.05 bits per heavy atom. The van der Waals surface area contributed by atoms with Crippen LogP contribution in [0.4, 0.5) is 0 Å². The van der Waals surface area contributed by atoms with Crippen molar-refractivity contribution in [3.63, 3.8) is 0 Å². The number of benzene rings is 1. The molecule has 1 aliphatic heterocycles. The number of sulfonamides is 1. The molecular weight excluding hydrogens is 304 g/mol. The number of aromatic nitrogens is 1. The van der Waals surface area contributed by atoms with Crippen LogP contribution in [0.1, 0.15) is 37.1 Å². The molecule has 2 atom stereocenters. The van der Waals surface area contributed by atoms with Gasteiger partial charge in [0.2, 0.25) is 10.0 Å². The Labute approximate surface area is 129 Å². The van der Waals surface area contributed by atoms with Crippen LogP contribution >= 0.6 is 11.3 Å². The lowest BCUT2D eigenvalue weighted by atomic mass is 10.1. The van der Waals surface area contributed by atoms with Gasteiger partial charge in [-0.2, -0.15) is 4.31 Å². The average Bonchev–Trinajstić information content (AvgIpc) is 3.09. The summed E-state index contributed by atoms with van der Waals surface area (Å²) in [7, 11) is -3.35. The second kappa shape index (κ2) is 5.87. The molecule has 4 nitrogen and oxygen atoms in total. The first-order valence-electron chi connectivity index (χ1n) is 7.01. The maximum Gasteiger partial charge on any atom is 0.220 e. The van der Waals surface area contributed by atoms with Crippen LogP contribution in [-0.2, 0) is 15.8 Å². The largest absolute Gasteiger partial charge is 0.249 e. The number of rotatable bonds is 4. The molecule has 1 aliphatic rings. The highest BCUT2D eigenvalue weighted by molar-refractivity contribution is 7.88. The van der Waals surface area contributed by atoms with Crippen molar-refractivity contribution >= 4 is 21.4 Å². The fourth-order valence-corrected chi connectivity index (χ4v) is 5.60. The van der Waals surface area contributed by atoms with Crippen LogP contribution in [0.25, 0.3) is 0 Å². The Hall–Kier alpha value is -1.24. The van der Waals surface area contributed by atoms with Crippen molar-refractivity contribution in [2.24, 2.45) is 0 Å². The SMILES string of the molecule is C[C@H]1CC[C@@H](c2ccccc2)N1S(=O)(=O)Cc1cscn1. The van der Waals surface area contributed by atoms with Gasteiger partial charge < -0.3 is 0 Å². The van der Waals surface area contributed by atoms with Gasteiger partial charge in [-0.1, -0.05) is 30.3 Å². The fourth-order valence-electron chi connectivity index (χ4n) is 2.99. The Kier molecular flexibility index (Phi) is 4.10. The minimum absolute atomic E-state index is 0.00975. The molecule has 0 unspecified atom stereocenters. The number of hydrogen-bond acceptors (Lipinski definition) is 4. The lowest BCUT2D eigenvalue weighted by Gasteiger charge is -2.27. The van der Waals surface area contributed by atoms with Gasteiger partial charge in [-0.05, 0) is 25.3 Å². The maximum absolute atomic E-state index is 12.8. The summed E-state index contributed by atoms with van der Waals surface area (Å²) in [6, 6.07) is 9.88. The Morgan fingerprint density at radius 1 is 1.29 bits per heavy atom. The first-order valence-corrected chi connectivity index (χ1v) is 9.56. The zero-order valence-electron chi connectivity index (χ0n) is 11.8. The summed E-state index contributed by atoms with van der Waals surface area (Å²) < 4.78 is 27.3. The first-order chi connectivity index (χ1) is 10.1. The van der Waals surface area contributed by atoms with Crippen molar-refractivity contribution < 1.29 is 8.42 Å². The highest BCUT2D eigenvalue weighted by atomic mass is 32.2. The first kappa shape index (κ1) is 14.7. The van der Waals surface area contributed by atoms with Crippen molar-refractivity contribution in [1.29, 1.82) is 0 Å². The molecule has 1 fully saturated rings. The van der Waals surface area contributed by atoms with E-state index in [0.29, 0.717) is 5.69 Å². The van der Waals surface area contributed by atoms with Gasteiger partial charge >= 0.3 is 0 Å². The third kappa shape index (κ3) is 3.02. The van der Waals surface area contributed by atoms with E-state index in [0.717, 1.165) is 18.4 Å². The molecule has 1 aromatic carbocycles. The topological polar surface area (TPSA) is 50.3 Å². The van der Waals surface area contributed by atoms with Gasteiger partial charge in [0.15, 0.2) is 0 Å². The zero-order valence-corrected chi connectivity index (χ0v) is 13.5. The van der Waals surface area contributed by atoms with Gasteiger partial charge in [0.25, 0.3) is 0 Å². The lowest BCUT2D eigenvalue weighted by molar-refractivity contribution is 0.339. The van der Waals surface area contributed by atoms with E-state index in [2.05, 4.69) is 4.98 Å². The molecule has 21 heavy (non-hydrogen) atoms. The molecule has 6 heteroatoms. The molecule has 1 aromatic heterocycles. The van der Waals surface area contributed by atoms with E-state index in [-0.39, 0.29) is 17.8 Å². The number of nitrogens with zero attached hydrogens (tertiary/aromatic N) is 2. The Morgan fingerprint density at radius 3 is 2.71 bits per heavy atom. The second-order valence-electron chi connectivity index (χ2n) is 5.42. The minimum atomic E-state index is -3.35.